The zero-order valence-corrected chi connectivity index (χ0v) is 15.2. The molecule has 3 aromatic rings. The van der Waals surface area contributed by atoms with E-state index in [-0.39, 0.29) is 18.9 Å². The molecule has 0 fully saturated rings. The van der Waals surface area contributed by atoms with E-state index in [0.717, 1.165) is 0 Å². The first-order valence-corrected chi connectivity index (χ1v) is 8.69. The SMILES string of the molecule is Cn1ccnc1[C@H](NC(=O)NCCOc1ccccc1F)c1cccc(F)c1. The van der Waals surface area contributed by atoms with Crippen LogP contribution in [0.3, 0.4) is 0 Å². The minimum atomic E-state index is -0.636. The molecule has 0 spiro atoms. The Hall–Kier alpha value is -3.42. The maximum absolute atomic E-state index is 13.6. The van der Waals surface area contributed by atoms with Crippen LogP contribution in [0, 0.1) is 11.6 Å². The second-order valence-corrected chi connectivity index (χ2v) is 6.06. The average molecular weight is 386 g/mol. The number of hydrogen-bond acceptors (Lipinski definition) is 3. The number of aromatic nitrogens is 2. The fraction of sp³-hybridized carbons (Fsp3) is 0.200. The molecule has 2 amide bonds. The summed E-state index contributed by atoms with van der Waals surface area (Å²) in [5.41, 5.74) is 0.562. The number of carbonyl (C=O) groups excluding carboxylic acids is 1. The van der Waals surface area contributed by atoms with Crippen molar-refractivity contribution < 1.29 is 18.3 Å². The minimum Gasteiger partial charge on any atom is -0.489 e. The van der Waals surface area contributed by atoms with Gasteiger partial charge in [0.05, 0.1) is 6.54 Å². The van der Waals surface area contributed by atoms with Crippen molar-refractivity contribution in [2.24, 2.45) is 7.05 Å². The minimum absolute atomic E-state index is 0.0986. The molecule has 8 heteroatoms. The number of benzene rings is 2. The highest BCUT2D eigenvalue weighted by Gasteiger charge is 2.21. The number of nitrogens with one attached hydrogen (secondary N) is 2. The van der Waals surface area contributed by atoms with Gasteiger partial charge in [-0.15, -0.1) is 0 Å². The number of ether oxygens (including phenoxy) is 1. The number of amides is 2. The Morgan fingerprint density at radius 2 is 2.04 bits per heavy atom. The van der Waals surface area contributed by atoms with E-state index in [2.05, 4.69) is 15.6 Å². The molecule has 146 valence electrons. The molecule has 0 saturated carbocycles. The van der Waals surface area contributed by atoms with Crippen LogP contribution in [-0.4, -0.2) is 28.7 Å². The van der Waals surface area contributed by atoms with Gasteiger partial charge in [-0.2, -0.15) is 0 Å². The van der Waals surface area contributed by atoms with Gasteiger partial charge in [0.15, 0.2) is 11.6 Å². The van der Waals surface area contributed by atoms with Crippen molar-refractivity contribution in [1.82, 2.24) is 20.2 Å². The number of nitrogens with zero attached hydrogens (tertiary/aromatic N) is 2. The van der Waals surface area contributed by atoms with Gasteiger partial charge < -0.3 is 19.9 Å². The second-order valence-electron chi connectivity index (χ2n) is 6.06. The first-order chi connectivity index (χ1) is 13.5. The van der Waals surface area contributed by atoms with E-state index in [1.165, 1.54) is 24.3 Å². The summed E-state index contributed by atoms with van der Waals surface area (Å²) in [5, 5.41) is 5.42. The van der Waals surface area contributed by atoms with Crippen molar-refractivity contribution in [2.45, 2.75) is 6.04 Å². The number of urea groups is 1. The van der Waals surface area contributed by atoms with Gasteiger partial charge in [-0.1, -0.05) is 24.3 Å². The quantitative estimate of drug-likeness (QED) is 0.613. The number of aryl methyl sites for hydroxylation is 1. The first-order valence-electron chi connectivity index (χ1n) is 8.69. The van der Waals surface area contributed by atoms with Crippen molar-refractivity contribution in [3.05, 3.63) is 83.9 Å². The van der Waals surface area contributed by atoms with E-state index in [1.807, 2.05) is 0 Å². The largest absolute Gasteiger partial charge is 0.489 e. The molecule has 0 aliphatic heterocycles. The highest BCUT2D eigenvalue weighted by atomic mass is 19.1. The molecule has 0 radical (unpaired) electrons. The number of imidazole rings is 1. The van der Waals surface area contributed by atoms with Crippen LogP contribution < -0.4 is 15.4 Å². The first kappa shape index (κ1) is 19.3. The van der Waals surface area contributed by atoms with Crippen molar-refractivity contribution >= 4 is 6.03 Å². The highest BCUT2D eigenvalue weighted by Crippen LogP contribution is 2.21. The van der Waals surface area contributed by atoms with E-state index in [9.17, 15) is 13.6 Å². The molecule has 6 nitrogen and oxygen atoms in total. The van der Waals surface area contributed by atoms with E-state index in [0.29, 0.717) is 11.4 Å². The summed E-state index contributed by atoms with van der Waals surface area (Å²) >= 11 is 0. The lowest BCUT2D eigenvalue weighted by molar-refractivity contribution is 0.233. The third-order valence-electron chi connectivity index (χ3n) is 4.06. The molecule has 2 N–H and O–H groups in total. The average Bonchev–Trinajstić information content (AvgIpc) is 3.10. The molecular weight excluding hydrogens is 366 g/mol. The molecule has 0 bridgehead atoms. The summed E-state index contributed by atoms with van der Waals surface area (Å²) in [6, 6.07) is 10.9. The molecule has 1 aromatic heterocycles. The van der Waals surface area contributed by atoms with Crippen LogP contribution in [0.1, 0.15) is 17.4 Å². The summed E-state index contributed by atoms with van der Waals surface area (Å²) in [5.74, 6) is -0.191. The third-order valence-corrected chi connectivity index (χ3v) is 4.06. The Morgan fingerprint density at radius 3 is 2.75 bits per heavy atom. The normalized spacial score (nSPS) is 11.7. The van der Waals surface area contributed by atoms with Gasteiger partial charge in [-0.05, 0) is 29.8 Å². The van der Waals surface area contributed by atoms with Gasteiger partial charge in [-0.25, -0.2) is 18.6 Å². The lowest BCUT2D eigenvalue weighted by atomic mass is 10.1. The Morgan fingerprint density at radius 1 is 1.21 bits per heavy atom. The fourth-order valence-corrected chi connectivity index (χ4v) is 2.71. The predicted molar refractivity (Wildman–Crippen MR) is 99.9 cm³/mol. The molecular formula is C20H20F2N4O2. The van der Waals surface area contributed by atoms with Gasteiger partial charge >= 0.3 is 6.03 Å². The zero-order chi connectivity index (χ0) is 19.9. The topological polar surface area (TPSA) is 68.2 Å². The van der Waals surface area contributed by atoms with Crippen LogP contribution in [0.5, 0.6) is 5.75 Å². The Balaban J connectivity index is 1.60. The van der Waals surface area contributed by atoms with Gasteiger partial charge in [0.25, 0.3) is 0 Å². The van der Waals surface area contributed by atoms with Crippen LogP contribution in [0.4, 0.5) is 13.6 Å². The monoisotopic (exact) mass is 386 g/mol. The van der Waals surface area contributed by atoms with E-state index in [4.69, 9.17) is 4.74 Å². The summed E-state index contributed by atoms with van der Waals surface area (Å²) in [6.45, 7) is 0.262. The molecule has 3 rings (SSSR count). The number of rotatable bonds is 7. The molecule has 0 aliphatic carbocycles. The van der Waals surface area contributed by atoms with Crippen LogP contribution >= 0.6 is 0 Å². The maximum Gasteiger partial charge on any atom is 0.315 e. The maximum atomic E-state index is 13.6. The standard InChI is InChI=1S/C20H20F2N4O2/c1-26-11-9-23-19(26)18(14-5-4-6-15(21)13-14)25-20(27)24-10-12-28-17-8-3-2-7-16(17)22/h2-9,11,13,18H,10,12H2,1H3,(H2,24,25,27)/t18-/m1/s1. The molecule has 2 aromatic carbocycles. The molecule has 0 unspecified atom stereocenters. The van der Waals surface area contributed by atoms with Crippen molar-refractivity contribution in [3.8, 4) is 5.75 Å². The number of halogens is 2. The van der Waals surface area contributed by atoms with Crippen molar-refractivity contribution in [2.75, 3.05) is 13.2 Å². The number of carbonyl (C=O) groups is 1. The van der Waals surface area contributed by atoms with Gasteiger partial charge in [0.2, 0.25) is 0 Å². The van der Waals surface area contributed by atoms with Crippen molar-refractivity contribution in [1.29, 1.82) is 0 Å². The fourth-order valence-electron chi connectivity index (χ4n) is 2.71. The van der Waals surface area contributed by atoms with Crippen LogP contribution in [-0.2, 0) is 7.05 Å². The summed E-state index contributed by atoms with van der Waals surface area (Å²) in [6.07, 6.45) is 3.34. The Bertz CT molecular complexity index is 945. The zero-order valence-electron chi connectivity index (χ0n) is 15.2. The number of hydrogen-bond donors (Lipinski definition) is 2. The summed E-state index contributed by atoms with van der Waals surface area (Å²) in [4.78, 5) is 16.6. The third kappa shape index (κ3) is 4.85. The van der Waals surface area contributed by atoms with Crippen LogP contribution in [0.15, 0.2) is 60.9 Å². The van der Waals surface area contributed by atoms with E-state index < -0.39 is 23.7 Å². The smallest absolute Gasteiger partial charge is 0.315 e. The molecule has 1 heterocycles. The van der Waals surface area contributed by atoms with Gasteiger partial charge in [-0.3, -0.25) is 0 Å². The highest BCUT2D eigenvalue weighted by molar-refractivity contribution is 5.74. The molecule has 0 saturated heterocycles. The van der Waals surface area contributed by atoms with E-state index >= 15 is 0 Å². The van der Waals surface area contributed by atoms with Crippen LogP contribution in [0.2, 0.25) is 0 Å². The predicted octanol–water partition coefficient (Wildman–Crippen LogP) is 3.17. The lowest BCUT2D eigenvalue weighted by Crippen LogP contribution is -2.40. The van der Waals surface area contributed by atoms with Gasteiger partial charge in [0.1, 0.15) is 24.3 Å². The lowest BCUT2D eigenvalue weighted by Gasteiger charge is -2.19. The summed E-state index contributed by atoms with van der Waals surface area (Å²) in [7, 11) is 1.79. The molecule has 0 aliphatic rings. The van der Waals surface area contributed by atoms with Crippen LogP contribution in [0.25, 0.3) is 0 Å². The van der Waals surface area contributed by atoms with Crippen molar-refractivity contribution in [3.63, 3.8) is 0 Å². The Kier molecular flexibility index (Phi) is 6.21. The van der Waals surface area contributed by atoms with Gasteiger partial charge in [0, 0.05) is 19.4 Å². The number of para-hydroxylation sites is 1. The Labute approximate surface area is 161 Å². The molecule has 28 heavy (non-hydrogen) atoms. The second kappa shape index (κ2) is 8.98. The molecule has 1 atom stereocenters. The summed E-state index contributed by atoms with van der Waals surface area (Å²) < 4.78 is 34.2. The van der Waals surface area contributed by atoms with E-state index in [1.54, 1.807) is 48.3 Å².